The molecule has 8 heteroatoms. The molecule has 0 unspecified atom stereocenters. The zero-order valence-electron chi connectivity index (χ0n) is 12.6. The predicted octanol–water partition coefficient (Wildman–Crippen LogP) is 2.00. The summed E-state index contributed by atoms with van der Waals surface area (Å²) in [5.41, 5.74) is 0.504. The third-order valence-corrected chi connectivity index (χ3v) is 4.54. The van der Waals surface area contributed by atoms with Crippen molar-refractivity contribution in [3.63, 3.8) is 0 Å². The first-order chi connectivity index (χ1) is 10.7. The Bertz CT molecular complexity index is 646. The van der Waals surface area contributed by atoms with Crippen molar-refractivity contribution in [3.8, 4) is 0 Å². The van der Waals surface area contributed by atoms with Crippen molar-refractivity contribution < 1.29 is 14.1 Å². The van der Waals surface area contributed by atoms with Crippen LogP contribution in [0.4, 0.5) is 0 Å². The quantitative estimate of drug-likeness (QED) is 0.856. The topological polar surface area (TPSA) is 81.4 Å². The normalized spacial score (nSPS) is 16.2. The first kappa shape index (κ1) is 15.1. The number of carbonyl (C=O) groups excluding carboxylic acids is 1. The average Bonchev–Trinajstić information content (AvgIpc) is 3.16. The summed E-state index contributed by atoms with van der Waals surface area (Å²) >= 11 is 1.45. The van der Waals surface area contributed by atoms with E-state index in [4.69, 9.17) is 9.26 Å². The summed E-state index contributed by atoms with van der Waals surface area (Å²) in [6.45, 7) is 3.62. The fraction of sp³-hybridized carbons (Fsp3) is 0.571. The van der Waals surface area contributed by atoms with Crippen LogP contribution in [-0.2, 0) is 11.3 Å². The highest BCUT2D eigenvalue weighted by Crippen LogP contribution is 2.27. The highest BCUT2D eigenvalue weighted by molar-refractivity contribution is 7.09. The van der Waals surface area contributed by atoms with Crippen molar-refractivity contribution in [2.45, 2.75) is 32.3 Å². The maximum absolute atomic E-state index is 12.4. The van der Waals surface area contributed by atoms with E-state index in [2.05, 4.69) is 15.1 Å². The van der Waals surface area contributed by atoms with Gasteiger partial charge in [-0.05, 0) is 19.8 Å². The van der Waals surface area contributed by atoms with E-state index >= 15 is 0 Å². The van der Waals surface area contributed by atoms with E-state index in [1.807, 2.05) is 11.8 Å². The molecule has 2 aromatic heterocycles. The van der Waals surface area contributed by atoms with Crippen LogP contribution in [0.1, 0.15) is 46.0 Å². The number of thiazole rings is 1. The number of aryl methyl sites for hydroxylation is 1. The van der Waals surface area contributed by atoms with Crippen molar-refractivity contribution >= 4 is 17.2 Å². The van der Waals surface area contributed by atoms with Gasteiger partial charge >= 0.3 is 0 Å². The van der Waals surface area contributed by atoms with E-state index in [9.17, 15) is 4.79 Å². The lowest BCUT2D eigenvalue weighted by molar-refractivity contribution is 0.0698. The number of aromatic nitrogens is 3. The Morgan fingerprint density at radius 3 is 2.86 bits per heavy atom. The molecule has 118 valence electrons. The lowest BCUT2D eigenvalue weighted by Gasteiger charge is -2.29. The van der Waals surface area contributed by atoms with Gasteiger partial charge in [0.1, 0.15) is 10.7 Å². The first-order valence-electron chi connectivity index (χ1n) is 7.20. The molecule has 0 N–H and O–H groups in total. The average molecular weight is 322 g/mol. The molecule has 0 aliphatic carbocycles. The number of piperidine rings is 1. The summed E-state index contributed by atoms with van der Waals surface area (Å²) in [7, 11) is 1.62. The number of likely N-dealkylation sites (tertiary alicyclic amines) is 1. The van der Waals surface area contributed by atoms with E-state index in [1.54, 1.807) is 12.5 Å². The minimum Gasteiger partial charge on any atom is -0.378 e. The molecule has 1 saturated heterocycles. The lowest BCUT2D eigenvalue weighted by Crippen LogP contribution is -2.38. The van der Waals surface area contributed by atoms with Gasteiger partial charge in [-0.3, -0.25) is 4.79 Å². The molecule has 1 aliphatic rings. The van der Waals surface area contributed by atoms with Gasteiger partial charge in [0.2, 0.25) is 5.89 Å². The highest BCUT2D eigenvalue weighted by Gasteiger charge is 2.28. The maximum Gasteiger partial charge on any atom is 0.273 e. The number of amides is 1. The minimum absolute atomic E-state index is 0.0150. The predicted molar refractivity (Wildman–Crippen MR) is 79.7 cm³/mol. The third kappa shape index (κ3) is 3.17. The van der Waals surface area contributed by atoms with E-state index < -0.39 is 0 Å². The SMILES string of the molecule is COCc1nc(C(=O)N2CCC(c3nc(C)no3)CC2)cs1. The smallest absolute Gasteiger partial charge is 0.273 e. The summed E-state index contributed by atoms with van der Waals surface area (Å²) < 4.78 is 10.3. The fourth-order valence-corrected chi connectivity index (χ4v) is 3.31. The number of hydrogen-bond acceptors (Lipinski definition) is 7. The number of ether oxygens (including phenoxy) is 1. The molecule has 0 aromatic carbocycles. The third-order valence-electron chi connectivity index (χ3n) is 3.71. The van der Waals surface area contributed by atoms with Gasteiger partial charge in [-0.1, -0.05) is 5.16 Å². The molecule has 1 amide bonds. The van der Waals surface area contributed by atoms with Gasteiger partial charge in [0.15, 0.2) is 5.82 Å². The number of methoxy groups -OCH3 is 1. The van der Waals surface area contributed by atoms with E-state index in [0.29, 0.717) is 37.1 Å². The van der Waals surface area contributed by atoms with Crippen LogP contribution in [0.25, 0.3) is 0 Å². The second-order valence-corrected chi connectivity index (χ2v) is 6.25. The van der Waals surface area contributed by atoms with Crippen molar-refractivity contribution in [2.24, 2.45) is 0 Å². The van der Waals surface area contributed by atoms with Gasteiger partial charge in [0.05, 0.1) is 6.61 Å². The van der Waals surface area contributed by atoms with Crippen LogP contribution < -0.4 is 0 Å². The van der Waals surface area contributed by atoms with Crippen molar-refractivity contribution in [2.75, 3.05) is 20.2 Å². The van der Waals surface area contributed by atoms with Crippen LogP contribution in [0, 0.1) is 6.92 Å². The van der Waals surface area contributed by atoms with Gasteiger partial charge < -0.3 is 14.2 Å². The van der Waals surface area contributed by atoms with Crippen LogP contribution in [0.3, 0.4) is 0 Å². The molecule has 0 saturated carbocycles. The van der Waals surface area contributed by atoms with Crippen molar-refractivity contribution in [1.82, 2.24) is 20.0 Å². The molecule has 22 heavy (non-hydrogen) atoms. The molecule has 0 atom stereocenters. The molecule has 3 rings (SSSR count). The largest absolute Gasteiger partial charge is 0.378 e. The van der Waals surface area contributed by atoms with Crippen molar-refractivity contribution in [3.05, 3.63) is 27.8 Å². The van der Waals surface area contributed by atoms with Gasteiger partial charge in [-0.15, -0.1) is 11.3 Å². The number of hydrogen-bond donors (Lipinski definition) is 0. The summed E-state index contributed by atoms with van der Waals surface area (Å²) in [4.78, 5) is 22.9. The number of carbonyl (C=O) groups is 1. The van der Waals surface area contributed by atoms with Gasteiger partial charge in [-0.25, -0.2) is 4.98 Å². The zero-order valence-corrected chi connectivity index (χ0v) is 13.4. The first-order valence-corrected chi connectivity index (χ1v) is 8.08. The van der Waals surface area contributed by atoms with E-state index in [-0.39, 0.29) is 11.8 Å². The Morgan fingerprint density at radius 1 is 1.45 bits per heavy atom. The minimum atomic E-state index is -0.0150. The van der Waals surface area contributed by atoms with Gasteiger partial charge in [-0.2, -0.15) is 4.98 Å². The molecule has 7 nitrogen and oxygen atoms in total. The van der Waals surface area contributed by atoms with Gasteiger partial charge in [0, 0.05) is 31.5 Å². The summed E-state index contributed by atoms with van der Waals surface area (Å²) in [5.74, 6) is 1.56. The Kier molecular flexibility index (Phi) is 4.49. The lowest BCUT2D eigenvalue weighted by atomic mass is 9.96. The number of nitrogens with zero attached hydrogens (tertiary/aromatic N) is 4. The molecular weight excluding hydrogens is 304 g/mol. The molecule has 2 aromatic rings. The molecule has 1 aliphatic heterocycles. The van der Waals surface area contributed by atoms with Crippen molar-refractivity contribution in [1.29, 1.82) is 0 Å². The maximum atomic E-state index is 12.4. The standard InChI is InChI=1S/C14H18N4O3S/c1-9-15-13(21-17-9)10-3-5-18(6-4-10)14(19)11-8-22-12(16-11)7-20-2/h8,10H,3-7H2,1-2H3. The number of rotatable bonds is 4. The second kappa shape index (κ2) is 6.53. The molecule has 0 bridgehead atoms. The Balaban J connectivity index is 1.59. The van der Waals surface area contributed by atoms with E-state index in [0.717, 1.165) is 17.8 Å². The molecular formula is C14H18N4O3S. The van der Waals surface area contributed by atoms with Crippen LogP contribution in [0.15, 0.2) is 9.90 Å². The molecule has 1 fully saturated rings. The Morgan fingerprint density at radius 2 is 2.23 bits per heavy atom. The van der Waals surface area contributed by atoms with E-state index in [1.165, 1.54) is 11.3 Å². The van der Waals surface area contributed by atoms with Crippen LogP contribution in [0.5, 0.6) is 0 Å². The Hall–Kier alpha value is -1.80. The molecule has 0 radical (unpaired) electrons. The molecule has 3 heterocycles. The highest BCUT2D eigenvalue weighted by atomic mass is 32.1. The summed E-state index contributed by atoms with van der Waals surface area (Å²) in [5, 5.41) is 6.44. The zero-order chi connectivity index (χ0) is 15.5. The Labute approximate surface area is 132 Å². The van der Waals surface area contributed by atoms with Crippen LogP contribution in [0.2, 0.25) is 0 Å². The summed E-state index contributed by atoms with van der Waals surface area (Å²) in [6.07, 6.45) is 1.67. The van der Waals surface area contributed by atoms with Gasteiger partial charge in [0.25, 0.3) is 5.91 Å². The monoisotopic (exact) mass is 322 g/mol. The van der Waals surface area contributed by atoms with Crippen LogP contribution >= 0.6 is 11.3 Å². The fourth-order valence-electron chi connectivity index (χ4n) is 2.57. The molecule has 0 spiro atoms. The van der Waals surface area contributed by atoms with Crippen LogP contribution in [-0.4, -0.2) is 46.1 Å². The second-order valence-electron chi connectivity index (χ2n) is 5.31. The summed E-state index contributed by atoms with van der Waals surface area (Å²) in [6, 6.07) is 0.